The van der Waals surface area contributed by atoms with Gasteiger partial charge in [-0.2, -0.15) is 0 Å². The van der Waals surface area contributed by atoms with Gasteiger partial charge in [-0.1, -0.05) is 85.6 Å². The Labute approximate surface area is 213 Å². The summed E-state index contributed by atoms with van der Waals surface area (Å²) in [5.41, 5.74) is -1.44. The lowest BCUT2D eigenvalue weighted by atomic mass is 9.77. The Morgan fingerprint density at radius 3 is 2.00 bits per heavy atom. The number of carbonyl (C=O) groups is 3. The van der Waals surface area contributed by atoms with Crippen LogP contribution in [0.3, 0.4) is 0 Å². The third kappa shape index (κ3) is 13.1. The minimum atomic E-state index is -1.44. The Bertz CT molecular complexity index is 641. The lowest BCUT2D eigenvalue weighted by Gasteiger charge is -2.37. The molecule has 0 saturated heterocycles. The third-order valence-corrected chi connectivity index (χ3v) is 6.71. The van der Waals surface area contributed by atoms with Gasteiger partial charge in [-0.15, -0.1) is 0 Å². The van der Waals surface area contributed by atoms with Crippen LogP contribution in [-0.4, -0.2) is 36.7 Å². The molecule has 1 fully saturated rings. The van der Waals surface area contributed by atoms with Gasteiger partial charge >= 0.3 is 17.9 Å². The molecule has 202 valence electrons. The average molecular weight is 495 g/mol. The fourth-order valence-corrected chi connectivity index (χ4v) is 4.59. The lowest BCUT2D eigenvalue weighted by Crippen LogP contribution is -2.49. The molecule has 1 saturated carbocycles. The van der Waals surface area contributed by atoms with Crippen LogP contribution in [0.15, 0.2) is 12.7 Å². The highest BCUT2D eigenvalue weighted by molar-refractivity contribution is 5.88. The Morgan fingerprint density at radius 2 is 1.40 bits per heavy atom. The molecule has 0 aromatic heterocycles. The second kappa shape index (κ2) is 17.6. The lowest BCUT2D eigenvalue weighted by molar-refractivity contribution is -0.188. The van der Waals surface area contributed by atoms with Gasteiger partial charge in [0.1, 0.15) is 0 Å². The molecule has 1 aliphatic rings. The molecule has 0 spiro atoms. The fourth-order valence-electron chi connectivity index (χ4n) is 4.59. The highest BCUT2D eigenvalue weighted by Gasteiger charge is 2.49. The Morgan fingerprint density at radius 1 is 0.857 bits per heavy atom. The predicted octanol–water partition coefficient (Wildman–Crippen LogP) is 6.94. The van der Waals surface area contributed by atoms with E-state index in [-0.39, 0.29) is 12.4 Å². The molecule has 0 bridgehead atoms. The largest absolute Gasteiger partial charge is 0.465 e. The third-order valence-electron chi connectivity index (χ3n) is 6.71. The van der Waals surface area contributed by atoms with Crippen molar-refractivity contribution >= 4 is 17.9 Å². The maximum atomic E-state index is 13.1. The van der Waals surface area contributed by atoms with Crippen molar-refractivity contribution in [1.82, 2.24) is 0 Å². The van der Waals surface area contributed by atoms with Crippen LogP contribution in [-0.2, 0) is 28.6 Å². The van der Waals surface area contributed by atoms with Crippen molar-refractivity contribution in [2.24, 2.45) is 17.8 Å². The monoisotopic (exact) mass is 494 g/mol. The highest BCUT2D eigenvalue weighted by atomic mass is 16.6. The van der Waals surface area contributed by atoms with Crippen molar-refractivity contribution in [3.63, 3.8) is 0 Å². The van der Waals surface area contributed by atoms with Crippen LogP contribution in [0.2, 0.25) is 0 Å². The van der Waals surface area contributed by atoms with E-state index in [0.29, 0.717) is 38.4 Å². The fraction of sp³-hybridized carbons (Fsp3) is 0.828. The molecular weight excluding hydrogens is 444 g/mol. The smallest absolute Gasteiger partial charge is 0.350 e. The van der Waals surface area contributed by atoms with Gasteiger partial charge in [-0.05, 0) is 43.9 Å². The number of esters is 3. The van der Waals surface area contributed by atoms with Gasteiger partial charge in [-0.3, -0.25) is 4.79 Å². The van der Waals surface area contributed by atoms with Gasteiger partial charge in [-0.25, -0.2) is 9.59 Å². The quantitative estimate of drug-likeness (QED) is 0.0888. The van der Waals surface area contributed by atoms with E-state index >= 15 is 0 Å². The van der Waals surface area contributed by atoms with Gasteiger partial charge in [0.2, 0.25) is 5.60 Å². The Hall–Kier alpha value is -1.85. The first-order valence-electron chi connectivity index (χ1n) is 13.9. The van der Waals surface area contributed by atoms with Crippen LogP contribution in [0, 0.1) is 17.8 Å². The summed E-state index contributed by atoms with van der Waals surface area (Å²) in [6, 6.07) is 0. The van der Waals surface area contributed by atoms with Crippen LogP contribution in [0.4, 0.5) is 0 Å². The molecule has 0 aromatic rings. The van der Waals surface area contributed by atoms with E-state index in [2.05, 4.69) is 34.3 Å². The van der Waals surface area contributed by atoms with E-state index in [9.17, 15) is 14.4 Å². The number of carbonyl (C=O) groups excluding carboxylic acids is 3. The van der Waals surface area contributed by atoms with Crippen LogP contribution in [0.1, 0.15) is 118 Å². The Balaban J connectivity index is 2.53. The summed E-state index contributed by atoms with van der Waals surface area (Å²) >= 11 is 0. The van der Waals surface area contributed by atoms with E-state index in [4.69, 9.17) is 14.2 Å². The van der Waals surface area contributed by atoms with Gasteiger partial charge in [0, 0.05) is 12.5 Å². The number of hydrogen-bond donors (Lipinski definition) is 0. The summed E-state index contributed by atoms with van der Waals surface area (Å²) < 4.78 is 16.6. The molecule has 0 heterocycles. The first-order chi connectivity index (χ1) is 16.7. The van der Waals surface area contributed by atoms with Gasteiger partial charge < -0.3 is 14.2 Å². The molecule has 0 aliphatic heterocycles. The molecule has 0 N–H and O–H groups in total. The normalized spacial score (nSPS) is 20.0. The van der Waals surface area contributed by atoms with Crippen molar-refractivity contribution in [3.8, 4) is 0 Å². The number of rotatable bonds is 18. The van der Waals surface area contributed by atoms with E-state index in [1.165, 1.54) is 25.7 Å². The minimum Gasteiger partial charge on any atom is -0.465 e. The maximum Gasteiger partial charge on any atom is 0.350 e. The summed E-state index contributed by atoms with van der Waals surface area (Å²) in [4.78, 5) is 37.8. The standard InChI is InChI=1S/C29H50O6/c1-6-26(30)35-29(28(32)34-21-13-9-7-8-11-16-23(2)3)19-15-18-25(22-29)27(31)33-20-14-10-12-17-24(4)5/h6,23-25H,1,7-22H2,2-5H3. The highest BCUT2D eigenvalue weighted by Crippen LogP contribution is 2.37. The van der Waals surface area contributed by atoms with Crippen LogP contribution < -0.4 is 0 Å². The van der Waals surface area contributed by atoms with Crippen LogP contribution in [0.25, 0.3) is 0 Å². The zero-order valence-corrected chi connectivity index (χ0v) is 22.8. The molecule has 0 amide bonds. The van der Waals surface area contributed by atoms with Crippen molar-refractivity contribution in [2.45, 2.75) is 123 Å². The molecule has 0 radical (unpaired) electrons. The SMILES string of the molecule is C=CC(=O)OC1(C(=O)OCCCCCCCC(C)C)CCCC(C(=O)OCCCCCC(C)C)C1. The molecule has 6 nitrogen and oxygen atoms in total. The molecule has 2 unspecified atom stereocenters. The summed E-state index contributed by atoms with van der Waals surface area (Å²) in [7, 11) is 0. The number of unbranched alkanes of at least 4 members (excludes halogenated alkanes) is 6. The average Bonchev–Trinajstić information content (AvgIpc) is 2.82. The van der Waals surface area contributed by atoms with Crippen molar-refractivity contribution in [3.05, 3.63) is 12.7 Å². The predicted molar refractivity (Wildman–Crippen MR) is 139 cm³/mol. The molecule has 2 atom stereocenters. The first kappa shape index (κ1) is 31.2. The van der Waals surface area contributed by atoms with Gasteiger partial charge in [0.25, 0.3) is 0 Å². The topological polar surface area (TPSA) is 78.9 Å². The van der Waals surface area contributed by atoms with E-state index < -0.39 is 23.5 Å². The Kier molecular flexibility index (Phi) is 15.6. The summed E-state index contributed by atoms with van der Waals surface area (Å²) in [6.07, 6.45) is 13.4. The van der Waals surface area contributed by atoms with E-state index in [1.807, 2.05) is 0 Å². The molecular formula is C29H50O6. The van der Waals surface area contributed by atoms with Crippen molar-refractivity contribution < 1.29 is 28.6 Å². The van der Waals surface area contributed by atoms with E-state index in [1.54, 1.807) is 0 Å². The second-order valence-corrected chi connectivity index (χ2v) is 10.9. The van der Waals surface area contributed by atoms with Crippen LogP contribution in [0.5, 0.6) is 0 Å². The first-order valence-corrected chi connectivity index (χ1v) is 13.9. The molecule has 1 rings (SSSR count). The molecule has 6 heteroatoms. The van der Waals surface area contributed by atoms with Crippen molar-refractivity contribution in [1.29, 1.82) is 0 Å². The zero-order chi connectivity index (χ0) is 26.1. The maximum absolute atomic E-state index is 13.1. The summed E-state index contributed by atoms with van der Waals surface area (Å²) in [6.45, 7) is 13.0. The molecule has 1 aliphatic carbocycles. The zero-order valence-electron chi connectivity index (χ0n) is 22.8. The van der Waals surface area contributed by atoms with Gasteiger partial charge in [0.15, 0.2) is 0 Å². The molecule has 35 heavy (non-hydrogen) atoms. The summed E-state index contributed by atoms with van der Waals surface area (Å²) in [5, 5.41) is 0. The van der Waals surface area contributed by atoms with Gasteiger partial charge in [0.05, 0.1) is 19.1 Å². The van der Waals surface area contributed by atoms with Crippen molar-refractivity contribution in [2.75, 3.05) is 13.2 Å². The number of hydrogen-bond acceptors (Lipinski definition) is 6. The second-order valence-electron chi connectivity index (χ2n) is 10.9. The molecule has 0 aromatic carbocycles. The van der Waals surface area contributed by atoms with Crippen LogP contribution >= 0.6 is 0 Å². The number of ether oxygens (including phenoxy) is 3. The van der Waals surface area contributed by atoms with E-state index in [0.717, 1.165) is 50.5 Å². The minimum absolute atomic E-state index is 0.104. The summed E-state index contributed by atoms with van der Waals surface area (Å²) in [5.74, 6) is -0.616.